The van der Waals surface area contributed by atoms with Gasteiger partial charge in [0.05, 0.1) is 17.7 Å². The van der Waals surface area contributed by atoms with E-state index in [4.69, 9.17) is 16.3 Å². The van der Waals surface area contributed by atoms with E-state index in [1.165, 1.54) is 55.5 Å². The predicted molar refractivity (Wildman–Crippen MR) is 147 cm³/mol. The normalized spacial score (nSPS) is 11.9. The molecule has 0 heterocycles. The lowest BCUT2D eigenvalue weighted by Crippen LogP contribution is -2.50. The number of benzene rings is 3. The number of anilines is 1. The van der Waals surface area contributed by atoms with Crippen LogP contribution in [0.25, 0.3) is 0 Å². The van der Waals surface area contributed by atoms with Crippen LogP contribution in [0.1, 0.15) is 12.5 Å². The van der Waals surface area contributed by atoms with Gasteiger partial charge in [0.25, 0.3) is 10.0 Å². The first kappa shape index (κ1) is 28.5. The molecule has 11 heteroatoms. The molecular formula is C26H27BrClN3O5S. The Labute approximate surface area is 230 Å². The number of sulfonamides is 1. The molecule has 0 fully saturated rings. The van der Waals surface area contributed by atoms with E-state index in [-0.39, 0.29) is 23.0 Å². The number of ether oxygens (including phenoxy) is 1. The lowest BCUT2D eigenvalue weighted by molar-refractivity contribution is -0.139. The molecule has 0 aromatic heterocycles. The summed E-state index contributed by atoms with van der Waals surface area (Å²) < 4.78 is 34.4. The number of methoxy groups -OCH3 is 1. The van der Waals surface area contributed by atoms with Crippen molar-refractivity contribution in [2.45, 2.75) is 24.4 Å². The number of rotatable bonds is 10. The molecule has 3 rings (SSSR count). The highest BCUT2D eigenvalue weighted by atomic mass is 79.9. The third-order valence-electron chi connectivity index (χ3n) is 5.70. The van der Waals surface area contributed by atoms with Crippen molar-refractivity contribution in [2.24, 2.45) is 0 Å². The highest BCUT2D eigenvalue weighted by molar-refractivity contribution is 9.10. The quantitative estimate of drug-likeness (QED) is 0.367. The zero-order valence-corrected chi connectivity index (χ0v) is 23.7. The molecule has 0 bridgehead atoms. The smallest absolute Gasteiger partial charge is 0.264 e. The fraction of sp³-hybridized carbons (Fsp3) is 0.231. The number of carbonyl (C=O) groups is 2. The SMILES string of the molecule is CNC(=O)[C@H](C)N(Cc1cccc(Br)c1)C(=O)CN(c1ccc(Cl)cc1)S(=O)(=O)c1ccc(OC)cc1. The van der Waals surface area contributed by atoms with Gasteiger partial charge in [0, 0.05) is 23.1 Å². The summed E-state index contributed by atoms with van der Waals surface area (Å²) in [5.74, 6) is -0.435. The Morgan fingerprint density at radius 2 is 1.70 bits per heavy atom. The van der Waals surface area contributed by atoms with Gasteiger partial charge >= 0.3 is 0 Å². The van der Waals surface area contributed by atoms with Crippen LogP contribution >= 0.6 is 27.5 Å². The van der Waals surface area contributed by atoms with Crippen LogP contribution in [-0.2, 0) is 26.2 Å². The number of hydrogen-bond donors (Lipinski definition) is 1. The number of likely N-dealkylation sites (N-methyl/N-ethyl adjacent to an activating group) is 1. The standard InChI is InChI=1S/C26H27BrClN3O5S/c1-18(26(33)29-2)30(16-19-5-4-6-20(27)15-19)25(32)17-31(22-9-7-21(28)8-10-22)37(34,35)24-13-11-23(36-3)12-14-24/h4-15,18H,16-17H2,1-3H3,(H,29,33)/t18-/m0/s1. The summed E-state index contributed by atoms with van der Waals surface area (Å²) in [6.45, 7) is 1.16. The van der Waals surface area contributed by atoms with E-state index in [1.54, 1.807) is 19.1 Å². The maximum Gasteiger partial charge on any atom is 0.264 e. The lowest BCUT2D eigenvalue weighted by Gasteiger charge is -2.31. The second-order valence-corrected chi connectivity index (χ2v) is 11.3. The molecule has 0 aliphatic carbocycles. The number of carbonyl (C=O) groups excluding carboxylic acids is 2. The van der Waals surface area contributed by atoms with Crippen LogP contribution in [0.2, 0.25) is 5.02 Å². The van der Waals surface area contributed by atoms with E-state index in [2.05, 4.69) is 21.2 Å². The largest absolute Gasteiger partial charge is 0.497 e. The molecule has 196 valence electrons. The Balaban J connectivity index is 2.02. The van der Waals surface area contributed by atoms with Crippen molar-refractivity contribution in [3.8, 4) is 5.75 Å². The van der Waals surface area contributed by atoms with Crippen molar-refractivity contribution in [1.29, 1.82) is 0 Å². The zero-order valence-electron chi connectivity index (χ0n) is 20.5. The molecule has 0 radical (unpaired) electrons. The molecule has 1 atom stereocenters. The van der Waals surface area contributed by atoms with Crippen LogP contribution in [0.3, 0.4) is 0 Å². The second-order valence-electron chi connectivity index (χ2n) is 8.11. The third kappa shape index (κ3) is 7.03. The van der Waals surface area contributed by atoms with Gasteiger partial charge in [0.2, 0.25) is 11.8 Å². The first-order chi connectivity index (χ1) is 17.6. The van der Waals surface area contributed by atoms with Crippen LogP contribution in [0.15, 0.2) is 82.2 Å². The fourth-order valence-electron chi connectivity index (χ4n) is 3.63. The van der Waals surface area contributed by atoms with Crippen molar-refractivity contribution in [3.63, 3.8) is 0 Å². The first-order valence-electron chi connectivity index (χ1n) is 11.2. The summed E-state index contributed by atoms with van der Waals surface area (Å²) in [5, 5.41) is 2.97. The molecule has 0 aliphatic rings. The number of nitrogens with zero attached hydrogens (tertiary/aromatic N) is 2. The van der Waals surface area contributed by atoms with E-state index in [0.29, 0.717) is 10.8 Å². The van der Waals surface area contributed by atoms with Gasteiger partial charge in [0.1, 0.15) is 18.3 Å². The van der Waals surface area contributed by atoms with E-state index >= 15 is 0 Å². The summed E-state index contributed by atoms with van der Waals surface area (Å²) in [6, 6.07) is 18.5. The minimum Gasteiger partial charge on any atom is -0.497 e. The maximum atomic E-state index is 13.7. The minimum absolute atomic E-state index is 0.0195. The monoisotopic (exact) mass is 607 g/mol. The first-order valence-corrected chi connectivity index (χ1v) is 13.9. The summed E-state index contributed by atoms with van der Waals surface area (Å²) in [6.07, 6.45) is 0. The van der Waals surface area contributed by atoms with Crippen molar-refractivity contribution in [2.75, 3.05) is 25.0 Å². The molecule has 0 saturated heterocycles. The Bertz CT molecular complexity index is 1350. The van der Waals surface area contributed by atoms with Crippen molar-refractivity contribution in [1.82, 2.24) is 10.2 Å². The molecule has 0 saturated carbocycles. The average Bonchev–Trinajstić information content (AvgIpc) is 2.90. The van der Waals surface area contributed by atoms with Gasteiger partial charge in [-0.15, -0.1) is 0 Å². The van der Waals surface area contributed by atoms with Crippen molar-refractivity contribution < 1.29 is 22.7 Å². The highest BCUT2D eigenvalue weighted by Crippen LogP contribution is 2.27. The van der Waals surface area contributed by atoms with Crippen LogP contribution < -0.4 is 14.4 Å². The number of amides is 2. The fourth-order valence-corrected chi connectivity index (χ4v) is 5.62. The minimum atomic E-state index is -4.17. The van der Waals surface area contributed by atoms with Gasteiger partial charge < -0.3 is 15.0 Å². The molecule has 3 aromatic rings. The van der Waals surface area contributed by atoms with Crippen molar-refractivity contribution >= 4 is 55.1 Å². The van der Waals surface area contributed by atoms with Crippen LogP contribution in [0, 0.1) is 0 Å². The Hall–Kier alpha value is -3.08. The summed E-state index contributed by atoms with van der Waals surface area (Å²) in [4.78, 5) is 27.6. The average molecular weight is 609 g/mol. The lowest BCUT2D eigenvalue weighted by atomic mass is 10.1. The van der Waals surface area contributed by atoms with Gasteiger partial charge in [-0.05, 0) is 73.2 Å². The summed E-state index contributed by atoms with van der Waals surface area (Å²) in [5.41, 5.74) is 1.03. The molecule has 0 unspecified atom stereocenters. The maximum absolute atomic E-state index is 13.7. The van der Waals surface area contributed by atoms with E-state index in [9.17, 15) is 18.0 Å². The molecule has 0 aliphatic heterocycles. The molecule has 37 heavy (non-hydrogen) atoms. The molecule has 1 N–H and O–H groups in total. The van der Waals surface area contributed by atoms with Crippen LogP contribution in [-0.4, -0.2) is 51.9 Å². The number of hydrogen-bond acceptors (Lipinski definition) is 5. The summed E-state index contributed by atoms with van der Waals surface area (Å²) in [7, 11) is -1.21. The van der Waals surface area contributed by atoms with E-state index < -0.39 is 28.5 Å². The zero-order chi connectivity index (χ0) is 27.2. The summed E-state index contributed by atoms with van der Waals surface area (Å²) >= 11 is 9.44. The number of halogens is 2. The Morgan fingerprint density at radius 1 is 1.05 bits per heavy atom. The van der Waals surface area contributed by atoms with E-state index in [1.807, 2.05) is 24.3 Å². The highest BCUT2D eigenvalue weighted by Gasteiger charge is 2.32. The molecular weight excluding hydrogens is 582 g/mol. The van der Waals surface area contributed by atoms with E-state index in [0.717, 1.165) is 14.3 Å². The Morgan fingerprint density at radius 3 is 2.27 bits per heavy atom. The van der Waals surface area contributed by atoms with Crippen LogP contribution in [0.4, 0.5) is 5.69 Å². The predicted octanol–water partition coefficient (Wildman–Crippen LogP) is 4.47. The number of nitrogens with one attached hydrogen (secondary N) is 1. The molecule has 2 amide bonds. The van der Waals surface area contributed by atoms with Gasteiger partial charge in [-0.2, -0.15) is 0 Å². The van der Waals surface area contributed by atoms with Gasteiger partial charge in [0.15, 0.2) is 0 Å². The topological polar surface area (TPSA) is 96.0 Å². The van der Waals surface area contributed by atoms with Crippen LogP contribution in [0.5, 0.6) is 5.75 Å². The Kier molecular flexibility index (Phi) is 9.58. The molecule has 8 nitrogen and oxygen atoms in total. The molecule has 0 spiro atoms. The van der Waals surface area contributed by atoms with Crippen molar-refractivity contribution in [3.05, 3.63) is 87.9 Å². The second kappa shape index (κ2) is 12.4. The van der Waals surface area contributed by atoms with Gasteiger partial charge in [-0.1, -0.05) is 39.7 Å². The van der Waals surface area contributed by atoms with Gasteiger partial charge in [-0.3, -0.25) is 13.9 Å². The third-order valence-corrected chi connectivity index (χ3v) is 8.23. The van der Waals surface area contributed by atoms with Gasteiger partial charge in [-0.25, -0.2) is 8.42 Å². The molecule has 3 aromatic carbocycles.